The molecule has 3 aromatic rings. The SMILES string of the molecule is C=C(C)C(=O)OCCCc1cc(-c2ccc(-c3ccc(C4CCC(C5CCC(CCCCC)CC5)CC4)cc3F)cc2CC)cc(CCCOC)c1OCCC(CO)CO. The molecule has 0 unspecified atom stereocenters. The zero-order valence-electron chi connectivity index (χ0n) is 37.4. The van der Waals surface area contributed by atoms with E-state index in [1.165, 1.54) is 77.0 Å². The Morgan fingerprint density at radius 2 is 1.40 bits per heavy atom. The van der Waals surface area contributed by atoms with E-state index in [1.807, 2.05) is 18.2 Å². The number of carbonyl (C=O) groups is 1. The van der Waals surface area contributed by atoms with E-state index in [-0.39, 0.29) is 31.6 Å². The molecule has 0 radical (unpaired) electrons. The summed E-state index contributed by atoms with van der Waals surface area (Å²) < 4.78 is 33.4. The van der Waals surface area contributed by atoms with E-state index in [0.717, 1.165) is 81.7 Å². The molecule has 0 saturated heterocycles. The summed E-state index contributed by atoms with van der Waals surface area (Å²) in [6, 6.07) is 16.7. The first-order valence-corrected chi connectivity index (χ1v) is 23.4. The predicted molar refractivity (Wildman–Crippen MR) is 243 cm³/mol. The summed E-state index contributed by atoms with van der Waals surface area (Å²) in [6.07, 6.45) is 20.1. The molecule has 0 aliphatic heterocycles. The number of aliphatic hydroxyl groups excluding tert-OH is 2. The second-order valence-corrected chi connectivity index (χ2v) is 18.0. The van der Waals surface area contributed by atoms with Crippen LogP contribution >= 0.6 is 0 Å². The minimum Gasteiger partial charge on any atom is -0.493 e. The third-order valence-corrected chi connectivity index (χ3v) is 13.6. The number of carbonyl (C=O) groups excluding carboxylic acids is 1. The number of rotatable bonds is 24. The van der Waals surface area contributed by atoms with E-state index in [9.17, 15) is 15.0 Å². The van der Waals surface area contributed by atoms with Crippen LogP contribution in [0.5, 0.6) is 5.75 Å². The number of halogens is 1. The molecule has 0 aromatic heterocycles. The minimum atomic E-state index is -0.402. The summed E-state index contributed by atoms with van der Waals surface area (Å²) in [4.78, 5) is 12.1. The lowest BCUT2D eigenvalue weighted by molar-refractivity contribution is -0.139. The maximum Gasteiger partial charge on any atom is 0.333 e. The van der Waals surface area contributed by atoms with Crippen LogP contribution in [0, 0.1) is 29.5 Å². The first-order chi connectivity index (χ1) is 29.2. The number of hydrogen-bond donors (Lipinski definition) is 2. The molecule has 2 saturated carbocycles. The monoisotopic (exact) mass is 827 g/mol. The normalized spacial score (nSPS) is 19.4. The largest absolute Gasteiger partial charge is 0.493 e. The van der Waals surface area contributed by atoms with Crippen molar-refractivity contribution in [2.45, 2.75) is 142 Å². The highest BCUT2D eigenvalue weighted by molar-refractivity contribution is 5.86. The molecule has 0 bridgehead atoms. The third-order valence-electron chi connectivity index (χ3n) is 13.6. The Labute approximate surface area is 361 Å². The number of benzene rings is 3. The first kappa shape index (κ1) is 47.5. The minimum absolute atomic E-state index is 0.106. The van der Waals surface area contributed by atoms with Crippen LogP contribution in [0.4, 0.5) is 4.39 Å². The molecule has 5 rings (SSSR count). The van der Waals surface area contributed by atoms with Crippen LogP contribution in [0.1, 0.15) is 145 Å². The number of esters is 1. The molecular weight excluding hydrogens is 752 g/mol. The summed E-state index contributed by atoms with van der Waals surface area (Å²) >= 11 is 0. The van der Waals surface area contributed by atoms with E-state index in [0.29, 0.717) is 49.5 Å². The van der Waals surface area contributed by atoms with Crippen molar-refractivity contribution in [1.82, 2.24) is 0 Å². The Hall–Kier alpha value is -3.52. The van der Waals surface area contributed by atoms with Crippen LogP contribution in [-0.4, -0.2) is 56.3 Å². The van der Waals surface area contributed by atoms with Crippen molar-refractivity contribution < 1.29 is 33.6 Å². The molecule has 2 fully saturated rings. The molecule has 0 amide bonds. The van der Waals surface area contributed by atoms with Crippen molar-refractivity contribution in [1.29, 1.82) is 0 Å². The van der Waals surface area contributed by atoms with Gasteiger partial charge in [-0.2, -0.15) is 0 Å². The quantitative estimate of drug-likeness (QED) is 0.0531. The van der Waals surface area contributed by atoms with Gasteiger partial charge in [0.05, 0.1) is 13.2 Å². The van der Waals surface area contributed by atoms with Gasteiger partial charge in [0, 0.05) is 44.0 Å². The lowest BCUT2D eigenvalue weighted by Gasteiger charge is -2.38. The molecule has 3 aromatic carbocycles. The number of aliphatic hydroxyl groups is 2. The van der Waals surface area contributed by atoms with E-state index < -0.39 is 5.97 Å². The van der Waals surface area contributed by atoms with Gasteiger partial charge >= 0.3 is 5.97 Å². The van der Waals surface area contributed by atoms with Gasteiger partial charge in [-0.15, -0.1) is 0 Å². The second-order valence-electron chi connectivity index (χ2n) is 18.0. The number of aryl methyl sites for hydroxylation is 3. The maximum absolute atomic E-state index is 16.1. The van der Waals surface area contributed by atoms with Crippen molar-refractivity contribution in [3.8, 4) is 28.0 Å². The Bertz CT molecular complexity index is 1780. The van der Waals surface area contributed by atoms with Gasteiger partial charge in [-0.1, -0.05) is 89.3 Å². The van der Waals surface area contributed by atoms with Gasteiger partial charge in [0.2, 0.25) is 0 Å². The molecule has 0 spiro atoms. The highest BCUT2D eigenvalue weighted by Crippen LogP contribution is 2.45. The summed E-state index contributed by atoms with van der Waals surface area (Å²) in [6.45, 7) is 10.8. The number of ether oxygens (including phenoxy) is 3. The van der Waals surface area contributed by atoms with Gasteiger partial charge in [-0.05, 0) is 165 Å². The smallest absolute Gasteiger partial charge is 0.333 e. The number of methoxy groups -OCH3 is 1. The standard InChI is InChI=1S/C53H75FO6/c1-6-8-9-12-38-15-17-41(18-16-38)42-19-21-43(22-20-42)44-23-26-50(51(54)34-44)45-24-25-49(40(7-2)31-45)48-32-46(13-10-28-58-5)52(59-30-27-39(35-55)36-56)47(33-48)14-11-29-60-53(57)37(3)4/h23-26,31-34,38-39,41-43,55-56H,3,6-22,27-30,35-36H2,1-2,4-5H3. The van der Waals surface area contributed by atoms with E-state index in [4.69, 9.17) is 14.2 Å². The molecular formula is C53H75FO6. The molecule has 0 heterocycles. The highest BCUT2D eigenvalue weighted by Gasteiger charge is 2.31. The summed E-state index contributed by atoms with van der Waals surface area (Å²) in [5, 5.41) is 19.3. The predicted octanol–water partition coefficient (Wildman–Crippen LogP) is 12.4. The zero-order valence-corrected chi connectivity index (χ0v) is 37.4. The summed E-state index contributed by atoms with van der Waals surface area (Å²) in [5.74, 6) is 3.12. The van der Waals surface area contributed by atoms with Crippen LogP contribution in [0.2, 0.25) is 0 Å². The van der Waals surface area contributed by atoms with Gasteiger partial charge in [0.25, 0.3) is 0 Å². The van der Waals surface area contributed by atoms with Crippen molar-refractivity contribution in [2.75, 3.05) is 40.1 Å². The fraction of sp³-hybridized carbons (Fsp3) is 0.604. The summed E-state index contributed by atoms with van der Waals surface area (Å²) in [7, 11) is 1.70. The number of unbranched alkanes of at least 4 members (excludes halogenated alkanes) is 2. The Morgan fingerprint density at radius 1 is 0.767 bits per heavy atom. The van der Waals surface area contributed by atoms with E-state index in [2.05, 4.69) is 50.8 Å². The second kappa shape index (κ2) is 24.8. The molecule has 7 heteroatoms. The van der Waals surface area contributed by atoms with Crippen LogP contribution in [-0.2, 0) is 33.5 Å². The zero-order chi connectivity index (χ0) is 42.9. The molecule has 0 atom stereocenters. The Morgan fingerprint density at radius 3 is 2.00 bits per heavy atom. The Balaban J connectivity index is 1.32. The maximum atomic E-state index is 16.1. The first-order valence-electron chi connectivity index (χ1n) is 23.4. The molecule has 330 valence electrons. The van der Waals surface area contributed by atoms with Crippen molar-refractivity contribution in [3.63, 3.8) is 0 Å². The molecule has 6 nitrogen and oxygen atoms in total. The number of hydrogen-bond acceptors (Lipinski definition) is 6. The molecule has 2 aliphatic carbocycles. The van der Waals surface area contributed by atoms with Crippen molar-refractivity contribution in [3.05, 3.63) is 88.8 Å². The van der Waals surface area contributed by atoms with Gasteiger partial charge in [0.15, 0.2) is 0 Å². The van der Waals surface area contributed by atoms with Crippen LogP contribution in [0.3, 0.4) is 0 Å². The average molecular weight is 827 g/mol. The van der Waals surface area contributed by atoms with E-state index >= 15 is 4.39 Å². The van der Waals surface area contributed by atoms with Crippen molar-refractivity contribution in [2.24, 2.45) is 23.7 Å². The van der Waals surface area contributed by atoms with Crippen LogP contribution in [0.25, 0.3) is 22.3 Å². The molecule has 2 N–H and O–H groups in total. The van der Waals surface area contributed by atoms with Crippen LogP contribution in [0.15, 0.2) is 60.7 Å². The van der Waals surface area contributed by atoms with E-state index in [1.54, 1.807) is 14.0 Å². The lowest BCUT2D eigenvalue weighted by Crippen LogP contribution is -2.25. The van der Waals surface area contributed by atoms with Crippen molar-refractivity contribution >= 4 is 5.97 Å². The fourth-order valence-corrected chi connectivity index (χ4v) is 9.90. The van der Waals surface area contributed by atoms with Gasteiger partial charge in [-0.25, -0.2) is 9.18 Å². The fourth-order valence-electron chi connectivity index (χ4n) is 9.90. The topological polar surface area (TPSA) is 85.2 Å². The molecule has 2 aliphatic rings. The summed E-state index contributed by atoms with van der Waals surface area (Å²) in [5.41, 5.74) is 8.38. The Kier molecular flexibility index (Phi) is 19.6. The lowest BCUT2D eigenvalue weighted by atomic mass is 9.68. The van der Waals surface area contributed by atoms with Crippen LogP contribution < -0.4 is 4.74 Å². The third kappa shape index (κ3) is 13.5. The van der Waals surface area contributed by atoms with Gasteiger partial charge < -0.3 is 24.4 Å². The van der Waals surface area contributed by atoms with Gasteiger partial charge in [0.1, 0.15) is 11.6 Å². The van der Waals surface area contributed by atoms with Gasteiger partial charge in [-0.3, -0.25) is 0 Å². The average Bonchev–Trinajstić information content (AvgIpc) is 3.27. The highest BCUT2D eigenvalue weighted by atomic mass is 19.1. The molecule has 60 heavy (non-hydrogen) atoms.